The number of likely N-dealkylation sites (tertiary alicyclic amines) is 1. The highest BCUT2D eigenvalue weighted by atomic mass is 32.2. The molecule has 1 aliphatic heterocycles. The quantitative estimate of drug-likeness (QED) is 0.695. The van der Waals surface area contributed by atoms with Crippen LogP contribution in [-0.4, -0.2) is 62.8 Å². The Balaban J connectivity index is 1.84. The van der Waals surface area contributed by atoms with Crippen molar-refractivity contribution in [3.05, 3.63) is 29.8 Å². The van der Waals surface area contributed by atoms with E-state index < -0.39 is 22.5 Å². The molecule has 1 saturated heterocycles. The van der Waals surface area contributed by atoms with E-state index >= 15 is 0 Å². The summed E-state index contributed by atoms with van der Waals surface area (Å²) in [5.74, 6) is -0.390. The van der Waals surface area contributed by atoms with E-state index in [1.165, 1.54) is 19.2 Å². The maximum atomic E-state index is 12.4. The molecule has 144 valence electrons. The van der Waals surface area contributed by atoms with E-state index in [4.69, 9.17) is 4.74 Å². The van der Waals surface area contributed by atoms with Crippen molar-refractivity contribution >= 4 is 21.9 Å². The lowest BCUT2D eigenvalue weighted by Crippen LogP contribution is -2.41. The average Bonchev–Trinajstić information content (AvgIpc) is 2.60. The topological polar surface area (TPSA) is 84.0 Å². The minimum Gasteiger partial charge on any atom is -0.455 e. The van der Waals surface area contributed by atoms with Gasteiger partial charge in [0.05, 0.1) is 4.90 Å². The molecule has 1 heterocycles. The fraction of sp³-hybridized carbons (Fsp3) is 0.556. The maximum Gasteiger partial charge on any atom is 0.321 e. The van der Waals surface area contributed by atoms with Gasteiger partial charge in [0.15, 0.2) is 6.61 Å². The van der Waals surface area contributed by atoms with Gasteiger partial charge in [-0.3, -0.25) is 9.59 Å². The summed E-state index contributed by atoms with van der Waals surface area (Å²) in [7, 11) is -2.47. The van der Waals surface area contributed by atoms with Crippen LogP contribution in [0.25, 0.3) is 0 Å². The van der Waals surface area contributed by atoms with Gasteiger partial charge >= 0.3 is 5.97 Å². The fourth-order valence-electron chi connectivity index (χ4n) is 2.69. The number of hydrogen-bond acceptors (Lipinski definition) is 5. The van der Waals surface area contributed by atoms with Crippen molar-refractivity contribution < 1.29 is 22.7 Å². The Morgan fingerprint density at radius 1 is 1.19 bits per heavy atom. The van der Waals surface area contributed by atoms with Crippen LogP contribution in [0.5, 0.6) is 0 Å². The van der Waals surface area contributed by atoms with Crippen LogP contribution in [0.15, 0.2) is 29.2 Å². The van der Waals surface area contributed by atoms with E-state index in [0.29, 0.717) is 19.0 Å². The van der Waals surface area contributed by atoms with Gasteiger partial charge in [0.2, 0.25) is 10.0 Å². The summed E-state index contributed by atoms with van der Waals surface area (Å²) in [6.07, 6.45) is 1.88. The zero-order valence-corrected chi connectivity index (χ0v) is 16.3. The molecule has 0 atom stereocenters. The Morgan fingerprint density at radius 2 is 1.77 bits per heavy atom. The SMILES string of the molecule is Cc1ccc(S(=O)(=O)N(C)CC(=O)OCC(=O)N2CCC(C)CC2)cc1. The second-order valence-electron chi connectivity index (χ2n) is 6.80. The lowest BCUT2D eigenvalue weighted by molar-refractivity contribution is -0.152. The summed E-state index contributed by atoms with van der Waals surface area (Å²) in [5.41, 5.74) is 0.941. The molecule has 1 aromatic rings. The van der Waals surface area contributed by atoms with E-state index in [1.54, 1.807) is 17.0 Å². The van der Waals surface area contributed by atoms with Crippen molar-refractivity contribution in [1.29, 1.82) is 0 Å². The van der Waals surface area contributed by atoms with Gasteiger partial charge in [0.25, 0.3) is 5.91 Å². The van der Waals surface area contributed by atoms with Crippen LogP contribution in [0, 0.1) is 12.8 Å². The highest BCUT2D eigenvalue weighted by Crippen LogP contribution is 2.16. The molecule has 1 aliphatic rings. The Bertz CT molecular complexity index is 737. The predicted molar refractivity (Wildman–Crippen MR) is 96.9 cm³/mol. The molecular formula is C18H26N2O5S. The Morgan fingerprint density at radius 3 is 2.35 bits per heavy atom. The van der Waals surface area contributed by atoms with Crippen LogP contribution in [0.2, 0.25) is 0 Å². The van der Waals surface area contributed by atoms with Crippen LogP contribution in [0.3, 0.4) is 0 Å². The van der Waals surface area contributed by atoms with Crippen molar-refractivity contribution in [3.63, 3.8) is 0 Å². The van der Waals surface area contributed by atoms with Gasteiger partial charge in [-0.25, -0.2) is 8.42 Å². The second kappa shape index (κ2) is 8.64. The van der Waals surface area contributed by atoms with Gasteiger partial charge in [-0.05, 0) is 37.8 Å². The number of benzene rings is 1. The normalized spacial score (nSPS) is 15.9. The third-order valence-electron chi connectivity index (χ3n) is 4.57. The number of sulfonamides is 1. The zero-order chi connectivity index (χ0) is 19.3. The molecule has 7 nitrogen and oxygen atoms in total. The molecule has 0 radical (unpaired) electrons. The van der Waals surface area contributed by atoms with Crippen LogP contribution in [0.1, 0.15) is 25.3 Å². The van der Waals surface area contributed by atoms with E-state index in [2.05, 4.69) is 6.92 Å². The van der Waals surface area contributed by atoms with Crippen LogP contribution in [-0.2, 0) is 24.3 Å². The van der Waals surface area contributed by atoms with Gasteiger partial charge in [-0.1, -0.05) is 24.6 Å². The average molecular weight is 382 g/mol. The first-order chi connectivity index (χ1) is 12.2. The predicted octanol–water partition coefficient (Wildman–Crippen LogP) is 1.42. The highest BCUT2D eigenvalue weighted by molar-refractivity contribution is 7.89. The molecule has 0 spiro atoms. The van der Waals surface area contributed by atoms with Gasteiger partial charge in [-0.15, -0.1) is 0 Å². The zero-order valence-electron chi connectivity index (χ0n) is 15.5. The number of hydrogen-bond donors (Lipinski definition) is 0. The number of ether oxygens (including phenoxy) is 1. The molecule has 0 aromatic heterocycles. The molecular weight excluding hydrogens is 356 g/mol. The number of carbonyl (C=O) groups excluding carboxylic acids is 2. The molecule has 0 bridgehead atoms. The Kier molecular flexibility index (Phi) is 6.77. The monoisotopic (exact) mass is 382 g/mol. The number of aryl methyl sites for hydroxylation is 1. The van der Waals surface area contributed by atoms with Crippen LogP contribution >= 0.6 is 0 Å². The van der Waals surface area contributed by atoms with Crippen molar-refractivity contribution in [2.24, 2.45) is 5.92 Å². The number of carbonyl (C=O) groups is 2. The van der Waals surface area contributed by atoms with Gasteiger partial charge in [-0.2, -0.15) is 4.31 Å². The summed E-state index contributed by atoms with van der Waals surface area (Å²) < 4.78 is 30.8. The minimum atomic E-state index is -3.78. The van der Waals surface area contributed by atoms with Crippen LogP contribution < -0.4 is 0 Å². The molecule has 2 rings (SSSR count). The third kappa shape index (κ3) is 5.28. The first kappa shape index (κ1) is 20.4. The summed E-state index contributed by atoms with van der Waals surface area (Å²) in [6.45, 7) is 4.54. The highest BCUT2D eigenvalue weighted by Gasteiger charge is 2.25. The summed E-state index contributed by atoms with van der Waals surface area (Å²) in [6, 6.07) is 6.37. The maximum absolute atomic E-state index is 12.4. The molecule has 0 saturated carbocycles. The minimum absolute atomic E-state index is 0.108. The number of rotatable bonds is 6. The molecule has 0 aliphatic carbocycles. The Hall–Kier alpha value is -1.93. The number of nitrogens with zero attached hydrogens (tertiary/aromatic N) is 2. The molecule has 8 heteroatoms. The lowest BCUT2D eigenvalue weighted by atomic mass is 9.99. The van der Waals surface area contributed by atoms with Crippen molar-refractivity contribution in [3.8, 4) is 0 Å². The van der Waals surface area contributed by atoms with Gasteiger partial charge < -0.3 is 9.64 Å². The van der Waals surface area contributed by atoms with E-state index in [1.807, 2.05) is 6.92 Å². The number of likely N-dealkylation sites (N-methyl/N-ethyl adjacent to an activating group) is 1. The standard InChI is InChI=1S/C18H26N2O5S/c1-14-4-6-16(7-5-14)26(23,24)19(3)12-18(22)25-13-17(21)20-10-8-15(2)9-11-20/h4-7,15H,8-13H2,1-3H3. The third-order valence-corrected chi connectivity index (χ3v) is 6.39. The lowest BCUT2D eigenvalue weighted by Gasteiger charge is -2.30. The first-order valence-electron chi connectivity index (χ1n) is 8.66. The molecule has 0 N–H and O–H groups in total. The van der Waals surface area contributed by atoms with E-state index in [0.717, 1.165) is 22.7 Å². The summed E-state index contributed by atoms with van der Waals surface area (Å²) in [4.78, 5) is 25.8. The smallest absolute Gasteiger partial charge is 0.321 e. The molecule has 1 amide bonds. The summed E-state index contributed by atoms with van der Waals surface area (Å²) in [5, 5.41) is 0. The van der Waals surface area contributed by atoms with Crippen LogP contribution in [0.4, 0.5) is 0 Å². The molecule has 1 fully saturated rings. The Labute approximate surface area is 155 Å². The number of piperidine rings is 1. The first-order valence-corrected chi connectivity index (χ1v) is 10.1. The van der Waals surface area contributed by atoms with Gasteiger partial charge in [0, 0.05) is 20.1 Å². The van der Waals surface area contributed by atoms with Crippen molar-refractivity contribution in [1.82, 2.24) is 9.21 Å². The van der Waals surface area contributed by atoms with E-state index in [9.17, 15) is 18.0 Å². The van der Waals surface area contributed by atoms with Gasteiger partial charge in [0.1, 0.15) is 6.54 Å². The van der Waals surface area contributed by atoms with E-state index in [-0.39, 0.29) is 17.4 Å². The summed E-state index contributed by atoms with van der Waals surface area (Å²) >= 11 is 0. The second-order valence-corrected chi connectivity index (χ2v) is 8.84. The molecule has 26 heavy (non-hydrogen) atoms. The number of esters is 1. The largest absolute Gasteiger partial charge is 0.455 e. The molecule has 0 unspecified atom stereocenters. The van der Waals surface area contributed by atoms with Crippen molar-refractivity contribution in [2.45, 2.75) is 31.6 Å². The van der Waals surface area contributed by atoms with Crippen molar-refractivity contribution in [2.75, 3.05) is 33.3 Å². The number of amides is 1. The fourth-order valence-corrected chi connectivity index (χ4v) is 3.81. The molecule has 1 aromatic carbocycles.